The molecule has 0 aromatic carbocycles. The molecule has 0 amide bonds. The van der Waals surface area contributed by atoms with Crippen molar-refractivity contribution in [3.8, 4) is 0 Å². The van der Waals surface area contributed by atoms with Gasteiger partial charge in [-0.2, -0.15) is 5.10 Å². The second kappa shape index (κ2) is 4.83. The van der Waals surface area contributed by atoms with Crippen molar-refractivity contribution in [2.24, 2.45) is 0 Å². The summed E-state index contributed by atoms with van der Waals surface area (Å²) in [4.78, 5) is 12.9. The molecule has 0 N–H and O–H groups in total. The number of rotatable bonds is 2. The molecular weight excluding hydrogens is 280 g/mol. The zero-order valence-electron chi connectivity index (χ0n) is 12.8. The lowest BCUT2D eigenvalue weighted by Crippen LogP contribution is -2.23. The summed E-state index contributed by atoms with van der Waals surface area (Å²) in [6.45, 7) is 4.26. The molecule has 4 rings (SSSR count). The van der Waals surface area contributed by atoms with Crippen molar-refractivity contribution in [2.75, 3.05) is 0 Å². The van der Waals surface area contributed by atoms with Crippen molar-refractivity contribution in [1.82, 2.24) is 19.3 Å². The predicted octanol–water partition coefficient (Wildman–Crippen LogP) is 2.03. The van der Waals surface area contributed by atoms with E-state index in [-0.39, 0.29) is 5.56 Å². The molecule has 6 nitrogen and oxygen atoms in total. The van der Waals surface area contributed by atoms with E-state index < -0.39 is 0 Å². The van der Waals surface area contributed by atoms with Crippen LogP contribution < -0.4 is 5.56 Å². The molecule has 0 fully saturated rings. The van der Waals surface area contributed by atoms with Crippen molar-refractivity contribution in [3.63, 3.8) is 0 Å². The lowest BCUT2D eigenvalue weighted by Gasteiger charge is -2.09. The molecule has 3 aromatic heterocycles. The van der Waals surface area contributed by atoms with E-state index in [2.05, 4.69) is 10.3 Å². The van der Waals surface area contributed by atoms with Crippen LogP contribution in [0.3, 0.4) is 0 Å². The highest BCUT2D eigenvalue weighted by molar-refractivity contribution is 5.56. The fraction of sp³-hybridized carbons (Fsp3) is 0.438. The Kier molecular flexibility index (Phi) is 2.92. The van der Waals surface area contributed by atoms with Crippen LogP contribution in [0.25, 0.3) is 5.52 Å². The maximum Gasteiger partial charge on any atom is 0.277 e. The van der Waals surface area contributed by atoms with Gasteiger partial charge in [-0.1, -0.05) is 5.16 Å². The zero-order valence-corrected chi connectivity index (χ0v) is 12.8. The Hall–Kier alpha value is -2.37. The number of hydrogen-bond acceptors (Lipinski definition) is 4. The molecule has 0 atom stereocenters. The average molecular weight is 298 g/mol. The summed E-state index contributed by atoms with van der Waals surface area (Å²) in [6, 6.07) is 0. The van der Waals surface area contributed by atoms with Crippen LogP contribution in [0, 0.1) is 13.8 Å². The minimum Gasteiger partial charge on any atom is -0.361 e. The fourth-order valence-corrected chi connectivity index (χ4v) is 3.28. The highest BCUT2D eigenvalue weighted by Gasteiger charge is 2.20. The van der Waals surface area contributed by atoms with Crippen molar-refractivity contribution < 1.29 is 4.52 Å². The van der Waals surface area contributed by atoms with E-state index in [0.717, 1.165) is 59.5 Å². The first kappa shape index (κ1) is 13.3. The lowest BCUT2D eigenvalue weighted by atomic mass is 9.97. The Balaban J connectivity index is 1.86. The summed E-state index contributed by atoms with van der Waals surface area (Å²) in [5, 5.41) is 8.52. The van der Waals surface area contributed by atoms with Gasteiger partial charge in [0.2, 0.25) is 0 Å². The predicted molar refractivity (Wildman–Crippen MR) is 81.2 cm³/mol. The Labute approximate surface area is 127 Å². The van der Waals surface area contributed by atoms with Gasteiger partial charge in [0.15, 0.2) is 0 Å². The first-order valence-electron chi connectivity index (χ1n) is 7.66. The summed E-state index contributed by atoms with van der Waals surface area (Å²) >= 11 is 0. The first-order valence-corrected chi connectivity index (χ1v) is 7.66. The quantitative estimate of drug-likeness (QED) is 0.726. The van der Waals surface area contributed by atoms with Crippen molar-refractivity contribution in [2.45, 2.75) is 46.1 Å². The minimum absolute atomic E-state index is 0.0122. The standard InChI is InChI=1S/C16H18N4O2/c1-10-13(11(2)22-18-10)9-19-7-8-20-15(16(19)21)12-5-3-4-6-14(12)17-20/h7-8H,3-6,9H2,1-2H3. The van der Waals surface area contributed by atoms with Gasteiger partial charge in [-0.15, -0.1) is 0 Å². The SMILES string of the molecule is Cc1noc(C)c1Cn1ccn2nc3c(c2c1=O)CCCC3. The van der Waals surface area contributed by atoms with Crippen LogP contribution in [0.4, 0.5) is 0 Å². The van der Waals surface area contributed by atoms with Gasteiger partial charge >= 0.3 is 0 Å². The largest absolute Gasteiger partial charge is 0.361 e. The van der Waals surface area contributed by atoms with Crippen LogP contribution in [0.1, 0.15) is 41.1 Å². The second-order valence-corrected chi connectivity index (χ2v) is 5.96. The average Bonchev–Trinajstić information content (AvgIpc) is 3.04. The van der Waals surface area contributed by atoms with Crippen LogP contribution in [-0.4, -0.2) is 19.3 Å². The van der Waals surface area contributed by atoms with Crippen LogP contribution in [0.5, 0.6) is 0 Å². The van der Waals surface area contributed by atoms with Crippen molar-refractivity contribution in [3.05, 3.63) is 51.0 Å². The van der Waals surface area contributed by atoms with Gasteiger partial charge in [0.1, 0.15) is 11.3 Å². The molecule has 22 heavy (non-hydrogen) atoms. The Morgan fingerprint density at radius 2 is 2.05 bits per heavy atom. The van der Waals surface area contributed by atoms with E-state index in [9.17, 15) is 4.79 Å². The third kappa shape index (κ3) is 1.90. The number of nitrogens with zero attached hydrogens (tertiary/aromatic N) is 4. The normalized spacial score (nSPS) is 14.5. The molecule has 3 aromatic rings. The Bertz CT molecular complexity index is 897. The first-order chi connectivity index (χ1) is 10.6. The molecule has 6 heteroatoms. The smallest absolute Gasteiger partial charge is 0.277 e. The van der Waals surface area contributed by atoms with E-state index in [1.807, 2.05) is 20.0 Å². The lowest BCUT2D eigenvalue weighted by molar-refractivity contribution is 0.392. The van der Waals surface area contributed by atoms with Gasteiger partial charge in [0.25, 0.3) is 5.56 Å². The van der Waals surface area contributed by atoms with E-state index in [1.54, 1.807) is 15.3 Å². The third-order valence-electron chi connectivity index (χ3n) is 4.54. The molecular formula is C16H18N4O2. The molecule has 0 saturated heterocycles. The number of fused-ring (bicyclic) bond motifs is 3. The van der Waals surface area contributed by atoms with Gasteiger partial charge in [-0.25, -0.2) is 4.52 Å². The van der Waals surface area contributed by atoms with E-state index in [4.69, 9.17) is 4.52 Å². The summed E-state index contributed by atoms with van der Waals surface area (Å²) in [7, 11) is 0. The molecule has 0 bridgehead atoms. The third-order valence-corrected chi connectivity index (χ3v) is 4.54. The van der Waals surface area contributed by atoms with Gasteiger partial charge < -0.3 is 9.09 Å². The molecule has 3 heterocycles. The molecule has 1 aliphatic carbocycles. The fourth-order valence-electron chi connectivity index (χ4n) is 3.28. The van der Waals surface area contributed by atoms with Gasteiger partial charge in [-0.05, 0) is 39.5 Å². The monoisotopic (exact) mass is 298 g/mol. The summed E-state index contributed by atoms with van der Waals surface area (Å²) in [5.74, 6) is 0.764. The number of aryl methyl sites for hydroxylation is 4. The molecule has 0 aliphatic heterocycles. The van der Waals surface area contributed by atoms with Crippen LogP contribution in [-0.2, 0) is 19.4 Å². The maximum absolute atomic E-state index is 12.9. The van der Waals surface area contributed by atoms with E-state index in [0.29, 0.717) is 6.54 Å². The molecule has 0 unspecified atom stereocenters. The molecule has 114 valence electrons. The van der Waals surface area contributed by atoms with Crippen LogP contribution in [0.15, 0.2) is 21.7 Å². The number of aromatic nitrogens is 4. The number of hydrogen-bond donors (Lipinski definition) is 0. The zero-order chi connectivity index (χ0) is 15.3. The summed E-state index contributed by atoms with van der Waals surface area (Å²) in [6.07, 6.45) is 7.87. The van der Waals surface area contributed by atoms with Gasteiger partial charge in [0, 0.05) is 23.5 Å². The van der Waals surface area contributed by atoms with Crippen LogP contribution >= 0.6 is 0 Å². The summed E-state index contributed by atoms with van der Waals surface area (Å²) in [5.41, 5.74) is 4.75. The topological polar surface area (TPSA) is 65.3 Å². The Morgan fingerprint density at radius 3 is 2.82 bits per heavy atom. The van der Waals surface area contributed by atoms with Crippen molar-refractivity contribution in [1.29, 1.82) is 0 Å². The second-order valence-electron chi connectivity index (χ2n) is 5.96. The van der Waals surface area contributed by atoms with Gasteiger partial charge in [0.05, 0.1) is 17.9 Å². The Morgan fingerprint density at radius 1 is 1.23 bits per heavy atom. The molecule has 0 radical (unpaired) electrons. The van der Waals surface area contributed by atoms with Gasteiger partial charge in [-0.3, -0.25) is 4.79 Å². The molecule has 0 saturated carbocycles. The minimum atomic E-state index is 0.0122. The van der Waals surface area contributed by atoms with Crippen LogP contribution in [0.2, 0.25) is 0 Å². The summed E-state index contributed by atoms with van der Waals surface area (Å²) < 4.78 is 8.65. The highest BCUT2D eigenvalue weighted by atomic mass is 16.5. The maximum atomic E-state index is 12.9. The molecule has 1 aliphatic rings. The van der Waals surface area contributed by atoms with E-state index >= 15 is 0 Å². The van der Waals surface area contributed by atoms with E-state index in [1.165, 1.54) is 0 Å². The molecule has 0 spiro atoms. The highest BCUT2D eigenvalue weighted by Crippen LogP contribution is 2.23. The van der Waals surface area contributed by atoms with Crippen molar-refractivity contribution >= 4 is 5.52 Å².